The molecule has 13 heteroatoms. The number of ether oxygens (including phenoxy) is 2. The highest BCUT2D eigenvalue weighted by Gasteiger charge is 2.31. The first-order valence-electron chi connectivity index (χ1n) is 15.0. The Balaban J connectivity index is 1.19. The van der Waals surface area contributed by atoms with Crippen LogP contribution >= 0.6 is 11.3 Å². The summed E-state index contributed by atoms with van der Waals surface area (Å²) in [5, 5.41) is 9.43. The summed E-state index contributed by atoms with van der Waals surface area (Å²) < 4.78 is 50.2. The number of methoxy groups -OCH3 is 1. The summed E-state index contributed by atoms with van der Waals surface area (Å²) in [7, 11) is 1.63. The fourth-order valence-corrected chi connectivity index (χ4v) is 5.89. The van der Waals surface area contributed by atoms with Gasteiger partial charge in [-0.15, -0.1) is 29.6 Å². The lowest BCUT2D eigenvalue weighted by atomic mass is 10.0. The summed E-state index contributed by atoms with van der Waals surface area (Å²) in [6.45, 7) is 8.20. The van der Waals surface area contributed by atoms with Gasteiger partial charge in [-0.2, -0.15) is 4.99 Å². The molecule has 5 aromatic rings. The number of carbonyl (C=O) groups is 1. The first-order chi connectivity index (χ1) is 22.4. The van der Waals surface area contributed by atoms with Gasteiger partial charge in [0.1, 0.15) is 17.8 Å². The summed E-state index contributed by atoms with van der Waals surface area (Å²) in [5.41, 5.74) is 5.46. The average molecular weight is 665 g/mol. The second kappa shape index (κ2) is 14.2. The quantitative estimate of drug-likeness (QED) is 0.165. The number of aryl methyl sites for hydroxylation is 2. The molecule has 3 aromatic carbocycles. The van der Waals surface area contributed by atoms with Gasteiger partial charge in [0, 0.05) is 28.7 Å². The number of nitrogens with one attached hydrogen (secondary N) is 1. The van der Waals surface area contributed by atoms with E-state index in [0.717, 1.165) is 40.2 Å². The summed E-state index contributed by atoms with van der Waals surface area (Å²) >= 11 is 1.41. The number of benzene rings is 3. The smallest absolute Gasteiger partial charge is 0.497 e. The van der Waals surface area contributed by atoms with Gasteiger partial charge in [0.05, 0.1) is 18.5 Å². The van der Waals surface area contributed by atoms with Crippen molar-refractivity contribution in [2.45, 2.75) is 58.9 Å². The number of hydrogen-bond acceptors (Lipinski definition) is 6. The number of nitrogens with zero attached hydrogens (tertiary/aromatic N) is 5. The Morgan fingerprint density at radius 2 is 1.72 bits per heavy atom. The van der Waals surface area contributed by atoms with Gasteiger partial charge in [0.2, 0.25) is 0 Å². The molecular formula is C34H35F3N6O3S. The van der Waals surface area contributed by atoms with Gasteiger partial charge in [-0.05, 0) is 74.1 Å². The molecule has 0 bridgehead atoms. The van der Waals surface area contributed by atoms with E-state index >= 15 is 0 Å². The number of halogens is 3. The lowest BCUT2D eigenvalue weighted by Gasteiger charge is -2.16. The second-order valence-corrected chi connectivity index (χ2v) is 12.2. The molecule has 0 aliphatic carbocycles. The molecule has 0 aliphatic rings. The van der Waals surface area contributed by atoms with Crippen molar-refractivity contribution in [1.29, 1.82) is 0 Å². The van der Waals surface area contributed by atoms with E-state index in [1.54, 1.807) is 7.11 Å². The fourth-order valence-electron chi connectivity index (χ4n) is 5.02. The van der Waals surface area contributed by atoms with E-state index in [2.05, 4.69) is 39.0 Å². The van der Waals surface area contributed by atoms with Crippen molar-refractivity contribution in [3.63, 3.8) is 0 Å². The van der Waals surface area contributed by atoms with Crippen molar-refractivity contribution in [2.24, 2.45) is 4.99 Å². The molecule has 246 valence electrons. The van der Waals surface area contributed by atoms with Crippen LogP contribution in [-0.4, -0.2) is 44.9 Å². The molecule has 0 radical (unpaired) electrons. The van der Waals surface area contributed by atoms with E-state index in [1.165, 1.54) is 46.6 Å². The van der Waals surface area contributed by atoms with Gasteiger partial charge >= 0.3 is 12.4 Å². The number of alkyl halides is 3. The maximum Gasteiger partial charge on any atom is 0.573 e. The SMILES string of the molecule is COc1ccc(C(C)C)c(-n2c(C)csc2=NC(=O)NC(C)CCc2ccc(-c3ncn(-c4ccc(OC(F)(F)F)cc4)n3)cc2)c1. The van der Waals surface area contributed by atoms with Crippen LogP contribution in [0.15, 0.2) is 83.4 Å². The molecule has 0 saturated heterocycles. The second-order valence-electron chi connectivity index (χ2n) is 11.3. The molecule has 47 heavy (non-hydrogen) atoms. The van der Waals surface area contributed by atoms with Gasteiger partial charge in [-0.3, -0.25) is 4.57 Å². The summed E-state index contributed by atoms with van der Waals surface area (Å²) in [5.74, 6) is 1.17. The van der Waals surface area contributed by atoms with Crippen LogP contribution in [0.3, 0.4) is 0 Å². The molecule has 2 heterocycles. The zero-order valence-electron chi connectivity index (χ0n) is 26.6. The van der Waals surface area contributed by atoms with Crippen molar-refractivity contribution < 1.29 is 27.4 Å². The van der Waals surface area contributed by atoms with Crippen molar-refractivity contribution in [1.82, 2.24) is 24.6 Å². The number of rotatable bonds is 10. The minimum absolute atomic E-state index is 0.117. The van der Waals surface area contributed by atoms with Gasteiger partial charge in [0.15, 0.2) is 10.6 Å². The molecule has 9 nitrogen and oxygen atoms in total. The summed E-state index contributed by atoms with van der Waals surface area (Å²) in [4.78, 5) is 22.3. The van der Waals surface area contributed by atoms with Crippen LogP contribution in [0.1, 0.15) is 49.9 Å². The highest BCUT2D eigenvalue weighted by Crippen LogP contribution is 2.28. The van der Waals surface area contributed by atoms with Crippen molar-refractivity contribution in [3.8, 4) is 34.3 Å². The third-order valence-electron chi connectivity index (χ3n) is 7.45. The van der Waals surface area contributed by atoms with Crippen molar-refractivity contribution in [3.05, 3.63) is 100 Å². The number of amides is 2. The molecule has 0 aliphatic heterocycles. The van der Waals surface area contributed by atoms with Crippen LogP contribution in [0.25, 0.3) is 22.8 Å². The Morgan fingerprint density at radius 3 is 2.38 bits per heavy atom. The Hall–Kier alpha value is -4.91. The topological polar surface area (TPSA) is 95.6 Å². The molecule has 2 aromatic heterocycles. The van der Waals surface area contributed by atoms with Gasteiger partial charge < -0.3 is 14.8 Å². The minimum Gasteiger partial charge on any atom is -0.497 e. The number of thiazole rings is 1. The largest absolute Gasteiger partial charge is 0.573 e. The third kappa shape index (κ3) is 8.47. The molecule has 5 rings (SSSR count). The molecule has 1 N–H and O–H groups in total. The maximum atomic E-state index is 13.0. The van der Waals surface area contributed by atoms with Crippen LogP contribution in [0, 0.1) is 6.92 Å². The van der Waals surface area contributed by atoms with E-state index in [0.29, 0.717) is 22.7 Å². The number of hydrogen-bond donors (Lipinski definition) is 1. The van der Waals surface area contributed by atoms with Crippen LogP contribution in [0.2, 0.25) is 0 Å². The Labute approximate surface area is 274 Å². The molecule has 0 fully saturated rings. The Bertz CT molecular complexity index is 1890. The lowest BCUT2D eigenvalue weighted by molar-refractivity contribution is -0.274. The van der Waals surface area contributed by atoms with E-state index in [-0.39, 0.29) is 17.7 Å². The predicted octanol–water partition coefficient (Wildman–Crippen LogP) is 7.76. The zero-order chi connectivity index (χ0) is 33.7. The Kier molecular flexibility index (Phi) is 10.1. The highest BCUT2D eigenvalue weighted by atomic mass is 32.1. The number of carbonyl (C=O) groups excluding carboxylic acids is 1. The Morgan fingerprint density at radius 1 is 1.02 bits per heavy atom. The van der Waals surface area contributed by atoms with Crippen LogP contribution < -0.4 is 19.6 Å². The van der Waals surface area contributed by atoms with Crippen LogP contribution in [0.5, 0.6) is 11.5 Å². The fraction of sp³-hybridized carbons (Fsp3) is 0.294. The molecule has 1 atom stereocenters. The normalized spacial score (nSPS) is 12.7. The monoisotopic (exact) mass is 664 g/mol. The summed E-state index contributed by atoms with van der Waals surface area (Å²) in [6.07, 6.45) is -1.81. The van der Waals surface area contributed by atoms with Gasteiger partial charge in [-0.25, -0.2) is 14.5 Å². The molecule has 0 saturated carbocycles. The molecule has 0 spiro atoms. The molecule has 1 unspecified atom stereocenters. The van der Waals surface area contributed by atoms with Crippen LogP contribution in [0.4, 0.5) is 18.0 Å². The van der Waals surface area contributed by atoms with Gasteiger partial charge in [-0.1, -0.05) is 44.2 Å². The third-order valence-corrected chi connectivity index (χ3v) is 8.39. The first-order valence-corrected chi connectivity index (χ1v) is 15.9. The van der Waals surface area contributed by atoms with Gasteiger partial charge in [0.25, 0.3) is 0 Å². The van der Waals surface area contributed by atoms with Crippen molar-refractivity contribution in [2.75, 3.05) is 7.11 Å². The first kappa shape index (κ1) is 33.5. The number of aromatic nitrogens is 4. The lowest BCUT2D eigenvalue weighted by Crippen LogP contribution is -2.32. The van der Waals surface area contributed by atoms with E-state index in [9.17, 15) is 18.0 Å². The van der Waals surface area contributed by atoms with E-state index in [1.807, 2.05) is 66.3 Å². The maximum absolute atomic E-state index is 13.0. The minimum atomic E-state index is -4.75. The molecule has 2 amide bonds. The molecular weight excluding hydrogens is 629 g/mol. The van der Waals surface area contributed by atoms with Crippen molar-refractivity contribution >= 4 is 17.4 Å². The van der Waals surface area contributed by atoms with Crippen LogP contribution in [-0.2, 0) is 6.42 Å². The zero-order valence-corrected chi connectivity index (χ0v) is 27.4. The predicted molar refractivity (Wildman–Crippen MR) is 174 cm³/mol. The average Bonchev–Trinajstić information content (AvgIpc) is 3.66. The number of urea groups is 1. The standard InChI is InChI=1S/C34H35F3N6O3S/c1-21(2)29-17-16-28(45-5)18-30(29)43-23(4)19-47-33(43)40-32(44)39-22(3)6-7-24-8-10-25(11-9-24)31-38-20-42(41-31)26-12-14-27(15-13-26)46-34(35,36)37/h8-22H,6-7H2,1-5H3,(H,39,44). The summed E-state index contributed by atoms with van der Waals surface area (Å²) in [6, 6.07) is 18.6. The van der Waals surface area contributed by atoms with E-state index < -0.39 is 12.4 Å². The van der Waals surface area contributed by atoms with E-state index in [4.69, 9.17) is 4.74 Å². The highest BCUT2D eigenvalue weighted by molar-refractivity contribution is 7.07.